The van der Waals surface area contributed by atoms with E-state index in [4.69, 9.17) is 20.6 Å². The van der Waals surface area contributed by atoms with Gasteiger partial charge in [-0.2, -0.15) is 6.42 Å². The van der Waals surface area contributed by atoms with Gasteiger partial charge in [0.05, 0.1) is 13.2 Å². The second-order valence-electron chi connectivity index (χ2n) is 5.02. The van der Waals surface area contributed by atoms with Crippen LogP contribution < -0.4 is 0 Å². The Morgan fingerprint density at radius 1 is 0.926 bits per heavy atom. The van der Waals surface area contributed by atoms with Gasteiger partial charge in [0.15, 0.2) is 7.60 Å². The van der Waals surface area contributed by atoms with Crippen molar-refractivity contribution >= 4 is 19.2 Å². The van der Waals surface area contributed by atoms with Crippen molar-refractivity contribution in [2.24, 2.45) is 0 Å². The minimum Gasteiger partial charge on any atom is -0.374 e. The summed E-state index contributed by atoms with van der Waals surface area (Å²) in [6.45, 7) is 7.99. The first-order valence-corrected chi connectivity index (χ1v) is 10.9. The van der Waals surface area contributed by atoms with E-state index in [9.17, 15) is 4.57 Å². The van der Waals surface area contributed by atoms with Gasteiger partial charge < -0.3 is 21.8 Å². The van der Waals surface area contributed by atoms with Crippen molar-refractivity contribution in [2.45, 2.75) is 33.1 Å². The average molecular weight is 488 g/mol. The Balaban J connectivity index is 0. The topological polar surface area (TPSA) is 35.5 Å². The first-order valence-electron chi connectivity index (χ1n) is 8.82. The zero-order valence-corrected chi connectivity index (χ0v) is 20.4. The van der Waals surface area contributed by atoms with Gasteiger partial charge in [-0.25, -0.2) is 0 Å². The third kappa shape index (κ3) is 18.8. The van der Waals surface area contributed by atoms with Crippen LogP contribution in [0.3, 0.4) is 0 Å². The summed E-state index contributed by atoms with van der Waals surface area (Å²) in [5.41, 5.74) is 0.853. The van der Waals surface area contributed by atoms with Crippen molar-refractivity contribution in [3.63, 3.8) is 0 Å². The summed E-state index contributed by atoms with van der Waals surface area (Å²) in [6.07, 6.45) is 22.1. The van der Waals surface area contributed by atoms with Crippen molar-refractivity contribution < 1.29 is 39.8 Å². The quantitative estimate of drug-likeness (QED) is 0.220. The number of hydrogen-bond donors (Lipinski definition) is 0. The van der Waals surface area contributed by atoms with Crippen LogP contribution in [-0.2, 0) is 39.8 Å². The van der Waals surface area contributed by atoms with Gasteiger partial charge in [-0.15, -0.1) is 11.6 Å². The molecule has 2 saturated carbocycles. The van der Waals surface area contributed by atoms with Crippen molar-refractivity contribution in [1.29, 1.82) is 0 Å². The zero-order chi connectivity index (χ0) is 19.5. The average Bonchev–Trinajstić information content (AvgIpc) is 3.37. The van der Waals surface area contributed by atoms with Crippen molar-refractivity contribution in [1.82, 2.24) is 0 Å². The Morgan fingerprint density at radius 3 is 1.56 bits per heavy atom. The third-order valence-corrected chi connectivity index (χ3v) is 4.97. The second-order valence-corrected chi connectivity index (χ2v) is 7.13. The summed E-state index contributed by atoms with van der Waals surface area (Å²) >= 11 is 5.60. The Hall–Kier alpha value is 1.06. The fraction of sp³-hybridized carbons (Fsp3) is 0.381. The molecule has 0 bridgehead atoms. The number of alkyl halides is 1. The second kappa shape index (κ2) is 21.8. The fourth-order valence-electron chi connectivity index (χ4n) is 1.79. The first-order chi connectivity index (χ1) is 12.6. The summed E-state index contributed by atoms with van der Waals surface area (Å²) in [4.78, 5) is 0. The molecule has 6 heteroatoms. The summed E-state index contributed by atoms with van der Waals surface area (Å²) in [5, 5.41) is 0. The van der Waals surface area contributed by atoms with E-state index in [2.05, 4.69) is 12.7 Å². The molecule has 2 fully saturated rings. The van der Waals surface area contributed by atoms with Crippen molar-refractivity contribution in [3.8, 4) is 0 Å². The Labute approximate surface area is 193 Å². The van der Waals surface area contributed by atoms with Crippen molar-refractivity contribution in [2.75, 3.05) is 19.1 Å². The molecule has 0 aliphatic heterocycles. The molecular formula is C21H30ClO3PZr+2. The van der Waals surface area contributed by atoms with Crippen LogP contribution in [0, 0.1) is 76.9 Å². The molecular weight excluding hydrogens is 458 g/mol. The summed E-state index contributed by atoms with van der Waals surface area (Å²) in [5.74, 6) is 3.39. The van der Waals surface area contributed by atoms with E-state index in [0.717, 1.165) is 18.4 Å². The van der Waals surface area contributed by atoms with Crippen LogP contribution in [0.25, 0.3) is 0 Å². The first kappa shape index (κ1) is 30.3. The van der Waals surface area contributed by atoms with Crippen LogP contribution in [0.15, 0.2) is 5.57 Å². The smallest absolute Gasteiger partial charge is 0.374 e. The van der Waals surface area contributed by atoms with Crippen LogP contribution in [0.1, 0.15) is 33.1 Å². The van der Waals surface area contributed by atoms with Crippen LogP contribution >= 0.6 is 19.2 Å². The van der Waals surface area contributed by atoms with Gasteiger partial charge in [0.2, 0.25) is 0 Å². The van der Waals surface area contributed by atoms with E-state index in [1.165, 1.54) is 0 Å². The molecule has 3 nitrogen and oxygen atoms in total. The Morgan fingerprint density at radius 2 is 1.30 bits per heavy atom. The summed E-state index contributed by atoms with van der Waals surface area (Å²) < 4.78 is 22.4. The van der Waals surface area contributed by atoms with Crippen LogP contribution in [0.4, 0.5) is 0 Å². The maximum Gasteiger partial charge on any atom is 4.00 e. The maximum absolute atomic E-state index is 12.1. The monoisotopic (exact) mass is 486 g/mol. The van der Waals surface area contributed by atoms with E-state index in [-0.39, 0.29) is 26.2 Å². The third-order valence-electron chi connectivity index (χ3n) is 2.92. The van der Waals surface area contributed by atoms with Gasteiger partial charge in [0.25, 0.3) is 0 Å². The minimum atomic E-state index is -3.20. The summed E-state index contributed by atoms with van der Waals surface area (Å²) in [7, 11) is -3.20. The molecule has 2 rings (SSSR count). The van der Waals surface area contributed by atoms with Gasteiger partial charge in [-0.3, -0.25) is 10.1 Å². The van der Waals surface area contributed by atoms with Crippen LogP contribution in [0.2, 0.25) is 0 Å². The molecule has 0 saturated heterocycles. The predicted molar refractivity (Wildman–Crippen MR) is 111 cm³/mol. The molecule has 0 N–H and O–H groups in total. The molecule has 27 heavy (non-hydrogen) atoms. The van der Waals surface area contributed by atoms with E-state index in [1.54, 1.807) is 13.8 Å². The number of allylic oxidation sites excluding steroid dienone is 1. The Kier molecular flexibility index (Phi) is 24.4. The summed E-state index contributed by atoms with van der Waals surface area (Å²) in [6, 6.07) is 0. The standard InChI is InChI=1S/C11H20ClO3P.2C5H5.Zr/c1-4-11(8-7-9-12)10-16(13,14-5-2)15-6-3;2*1-2-4-5-3-1;/h1,4-9H2,2-3H3;2*1-5H;/q-2;;;+4. The molecule has 0 amide bonds. The molecule has 0 atom stereocenters. The van der Waals surface area contributed by atoms with E-state index < -0.39 is 7.60 Å². The molecule has 2 aliphatic rings. The maximum atomic E-state index is 12.1. The van der Waals surface area contributed by atoms with Gasteiger partial charge >= 0.3 is 26.2 Å². The van der Waals surface area contributed by atoms with Crippen LogP contribution in [-0.4, -0.2) is 19.1 Å². The van der Waals surface area contributed by atoms with E-state index in [1.807, 2.05) is 64.2 Å². The zero-order valence-electron chi connectivity index (χ0n) is 16.3. The van der Waals surface area contributed by atoms with Crippen LogP contribution in [0.5, 0.6) is 0 Å². The van der Waals surface area contributed by atoms with E-state index >= 15 is 0 Å². The molecule has 0 aromatic rings. The predicted octanol–water partition coefficient (Wildman–Crippen LogP) is 6.22. The fourth-order valence-corrected chi connectivity index (χ4v) is 3.42. The molecule has 0 spiro atoms. The molecule has 0 unspecified atom stereocenters. The SMILES string of the molecule is [CH2-]CC(=[C-]P(=O)(OCC)OCC)CCCCl.[CH]1[CH][CH][CH][CH]1.[CH]1[CH][CH][CH][CH]1.[Zr+4]. The van der Waals surface area contributed by atoms with Crippen molar-refractivity contribution in [3.05, 3.63) is 82.5 Å². The van der Waals surface area contributed by atoms with Gasteiger partial charge in [0, 0.05) is 5.88 Å². The number of hydrogen-bond acceptors (Lipinski definition) is 3. The van der Waals surface area contributed by atoms with E-state index in [0.29, 0.717) is 25.5 Å². The van der Waals surface area contributed by atoms with Gasteiger partial charge in [0.1, 0.15) is 0 Å². The van der Waals surface area contributed by atoms with Gasteiger partial charge in [-0.1, -0.05) is 6.42 Å². The Bertz CT molecular complexity index is 348. The number of rotatable bonds is 9. The normalized spacial score (nSPS) is 16.7. The molecule has 146 valence electrons. The molecule has 10 radical (unpaired) electrons. The van der Waals surface area contributed by atoms with Gasteiger partial charge in [-0.05, 0) is 84.5 Å². The minimum absolute atomic E-state index is 0. The molecule has 0 heterocycles. The molecule has 2 aliphatic carbocycles. The largest absolute Gasteiger partial charge is 4.00 e. The molecule has 0 aromatic heterocycles. The molecule has 0 aromatic carbocycles. The number of halogens is 1.